The standard InChI is InChI=1S/C26H29N3O3/c1-26(25(31)27-20-8-4-5-9-20)17-28-22-10-6-3-7-19(22)15-23(28)24(30)29(26)16-18-11-13-21(32-2)14-12-18/h3,6-7,10-15,20H,4-5,8-9,16-17H2,1-2H3,(H,27,31)/t26-/m0/s1. The van der Waals surface area contributed by atoms with E-state index in [1.807, 2.05) is 66.1 Å². The predicted octanol–water partition coefficient (Wildman–Crippen LogP) is 4.12. The predicted molar refractivity (Wildman–Crippen MR) is 124 cm³/mol. The van der Waals surface area contributed by atoms with Crippen LogP contribution in [0.1, 0.15) is 48.7 Å². The van der Waals surface area contributed by atoms with E-state index in [9.17, 15) is 9.59 Å². The number of hydrogen-bond donors (Lipinski definition) is 1. The second kappa shape index (κ2) is 8.01. The molecule has 5 rings (SSSR count). The van der Waals surface area contributed by atoms with Gasteiger partial charge in [-0.2, -0.15) is 0 Å². The maximum atomic E-state index is 13.8. The Labute approximate surface area is 188 Å². The van der Waals surface area contributed by atoms with E-state index in [2.05, 4.69) is 5.32 Å². The number of ether oxygens (including phenoxy) is 1. The number of rotatable bonds is 5. The lowest BCUT2D eigenvalue weighted by Gasteiger charge is -2.44. The van der Waals surface area contributed by atoms with E-state index in [0.29, 0.717) is 18.8 Å². The normalized spacial score (nSPS) is 21.1. The third kappa shape index (κ3) is 3.44. The lowest BCUT2D eigenvalue weighted by atomic mass is 9.93. The molecule has 2 aromatic carbocycles. The van der Waals surface area contributed by atoms with Crippen LogP contribution in [0.4, 0.5) is 0 Å². The van der Waals surface area contributed by atoms with Gasteiger partial charge in [0.2, 0.25) is 5.91 Å². The molecule has 1 atom stereocenters. The molecule has 1 aromatic heterocycles. The molecule has 2 amide bonds. The third-order valence-corrected chi connectivity index (χ3v) is 7.02. The summed E-state index contributed by atoms with van der Waals surface area (Å²) in [6, 6.07) is 17.8. The van der Waals surface area contributed by atoms with Gasteiger partial charge in [0.15, 0.2) is 0 Å². The highest BCUT2D eigenvalue weighted by Crippen LogP contribution is 2.34. The summed E-state index contributed by atoms with van der Waals surface area (Å²) < 4.78 is 7.28. The summed E-state index contributed by atoms with van der Waals surface area (Å²) in [5.74, 6) is 0.572. The highest BCUT2D eigenvalue weighted by atomic mass is 16.5. The number of hydrogen-bond acceptors (Lipinski definition) is 3. The number of carbonyl (C=O) groups is 2. The van der Waals surface area contributed by atoms with Crippen molar-refractivity contribution in [1.29, 1.82) is 0 Å². The maximum Gasteiger partial charge on any atom is 0.271 e. The number of benzene rings is 2. The quantitative estimate of drug-likeness (QED) is 0.661. The number of nitrogens with zero attached hydrogens (tertiary/aromatic N) is 2. The first-order valence-electron chi connectivity index (χ1n) is 11.3. The minimum absolute atomic E-state index is 0.0744. The number of para-hydroxylation sites is 1. The summed E-state index contributed by atoms with van der Waals surface area (Å²) in [5.41, 5.74) is 1.59. The van der Waals surface area contributed by atoms with E-state index < -0.39 is 5.54 Å². The van der Waals surface area contributed by atoms with Gasteiger partial charge in [-0.15, -0.1) is 0 Å². The Morgan fingerprint density at radius 1 is 1.12 bits per heavy atom. The van der Waals surface area contributed by atoms with Gasteiger partial charge in [0.25, 0.3) is 5.91 Å². The third-order valence-electron chi connectivity index (χ3n) is 7.02. The van der Waals surface area contributed by atoms with E-state index in [1.165, 1.54) is 0 Å². The molecule has 0 saturated heterocycles. The molecule has 0 radical (unpaired) electrons. The first-order valence-corrected chi connectivity index (χ1v) is 11.3. The molecule has 32 heavy (non-hydrogen) atoms. The summed E-state index contributed by atoms with van der Waals surface area (Å²) in [7, 11) is 1.63. The molecule has 1 aliphatic heterocycles. The fourth-order valence-electron chi connectivity index (χ4n) is 5.08. The molecule has 6 nitrogen and oxygen atoms in total. The minimum atomic E-state index is -0.992. The lowest BCUT2D eigenvalue weighted by molar-refractivity contribution is -0.133. The molecular formula is C26H29N3O3. The number of nitrogens with one attached hydrogen (secondary N) is 1. The van der Waals surface area contributed by atoms with E-state index >= 15 is 0 Å². The van der Waals surface area contributed by atoms with Crippen molar-refractivity contribution >= 4 is 22.7 Å². The SMILES string of the molecule is COc1ccc(CN2C(=O)c3cc4ccccc4n3C[C@@]2(C)C(=O)NC2CCCC2)cc1. The first-order chi connectivity index (χ1) is 15.5. The zero-order valence-corrected chi connectivity index (χ0v) is 18.6. The van der Waals surface area contributed by atoms with Gasteiger partial charge in [-0.3, -0.25) is 9.59 Å². The summed E-state index contributed by atoms with van der Waals surface area (Å²) in [5, 5.41) is 4.26. The van der Waals surface area contributed by atoms with Gasteiger partial charge in [-0.05, 0) is 49.6 Å². The highest BCUT2D eigenvalue weighted by Gasteiger charge is 2.48. The number of amides is 2. The Hall–Kier alpha value is -3.28. The zero-order chi connectivity index (χ0) is 22.3. The van der Waals surface area contributed by atoms with Crippen LogP contribution in [0.25, 0.3) is 10.9 Å². The number of fused-ring (bicyclic) bond motifs is 3. The number of carbonyl (C=O) groups excluding carboxylic acids is 2. The maximum absolute atomic E-state index is 13.8. The van der Waals surface area contributed by atoms with Gasteiger partial charge < -0.3 is 19.5 Å². The average Bonchev–Trinajstić information content (AvgIpc) is 3.45. The molecule has 1 N–H and O–H groups in total. The minimum Gasteiger partial charge on any atom is -0.497 e. The van der Waals surface area contributed by atoms with Crippen molar-refractivity contribution in [3.05, 3.63) is 65.9 Å². The Morgan fingerprint density at radius 2 is 1.84 bits per heavy atom. The van der Waals surface area contributed by atoms with E-state index in [-0.39, 0.29) is 17.9 Å². The van der Waals surface area contributed by atoms with Crippen molar-refractivity contribution in [3.63, 3.8) is 0 Å². The average molecular weight is 432 g/mol. The van der Waals surface area contributed by atoms with Crippen LogP contribution in [0, 0.1) is 0 Å². The van der Waals surface area contributed by atoms with Gasteiger partial charge in [0.05, 0.1) is 13.7 Å². The lowest BCUT2D eigenvalue weighted by Crippen LogP contribution is -2.64. The molecule has 2 aliphatic rings. The monoisotopic (exact) mass is 431 g/mol. The highest BCUT2D eigenvalue weighted by molar-refractivity contribution is 6.03. The Kier molecular flexibility index (Phi) is 5.16. The smallest absolute Gasteiger partial charge is 0.271 e. The summed E-state index contributed by atoms with van der Waals surface area (Å²) >= 11 is 0. The molecule has 0 bridgehead atoms. The van der Waals surface area contributed by atoms with Crippen molar-refractivity contribution in [2.24, 2.45) is 0 Å². The van der Waals surface area contributed by atoms with Gasteiger partial charge in [-0.25, -0.2) is 0 Å². The van der Waals surface area contributed by atoms with Crippen LogP contribution in [-0.4, -0.2) is 40.0 Å². The van der Waals surface area contributed by atoms with Gasteiger partial charge in [0, 0.05) is 23.5 Å². The second-order valence-corrected chi connectivity index (χ2v) is 9.14. The van der Waals surface area contributed by atoms with Gasteiger partial charge in [0.1, 0.15) is 17.0 Å². The van der Waals surface area contributed by atoms with Crippen molar-refractivity contribution < 1.29 is 14.3 Å². The molecule has 2 heterocycles. The molecule has 1 aliphatic carbocycles. The second-order valence-electron chi connectivity index (χ2n) is 9.14. The molecule has 1 fully saturated rings. The summed E-state index contributed by atoms with van der Waals surface area (Å²) in [4.78, 5) is 29.2. The number of methoxy groups -OCH3 is 1. The van der Waals surface area contributed by atoms with E-state index in [0.717, 1.165) is 47.9 Å². The van der Waals surface area contributed by atoms with Crippen LogP contribution >= 0.6 is 0 Å². The topological polar surface area (TPSA) is 63.6 Å². The van der Waals surface area contributed by atoms with Crippen molar-refractivity contribution in [2.45, 2.75) is 57.3 Å². The van der Waals surface area contributed by atoms with Crippen LogP contribution in [-0.2, 0) is 17.9 Å². The molecular weight excluding hydrogens is 402 g/mol. The molecule has 3 aromatic rings. The van der Waals surface area contributed by atoms with E-state index in [1.54, 1.807) is 12.0 Å². The largest absolute Gasteiger partial charge is 0.497 e. The zero-order valence-electron chi connectivity index (χ0n) is 18.6. The van der Waals surface area contributed by atoms with Crippen LogP contribution in [0.3, 0.4) is 0 Å². The van der Waals surface area contributed by atoms with Crippen LogP contribution < -0.4 is 10.1 Å². The van der Waals surface area contributed by atoms with Gasteiger partial charge in [-0.1, -0.05) is 43.2 Å². The molecule has 6 heteroatoms. The molecule has 1 saturated carbocycles. The molecule has 0 unspecified atom stereocenters. The Balaban J connectivity index is 1.54. The van der Waals surface area contributed by atoms with Gasteiger partial charge >= 0.3 is 0 Å². The Bertz CT molecular complexity index is 1160. The first kappa shape index (κ1) is 20.6. The fraction of sp³-hybridized carbons (Fsp3) is 0.385. The van der Waals surface area contributed by atoms with E-state index in [4.69, 9.17) is 4.74 Å². The molecule has 0 spiro atoms. The number of aromatic nitrogens is 1. The Morgan fingerprint density at radius 3 is 2.56 bits per heavy atom. The fourth-order valence-corrected chi connectivity index (χ4v) is 5.08. The van der Waals surface area contributed by atoms with Crippen LogP contribution in [0.15, 0.2) is 54.6 Å². The molecule has 166 valence electrons. The van der Waals surface area contributed by atoms with Crippen molar-refractivity contribution in [2.75, 3.05) is 7.11 Å². The van der Waals surface area contributed by atoms with Crippen molar-refractivity contribution in [1.82, 2.24) is 14.8 Å². The van der Waals surface area contributed by atoms with Crippen LogP contribution in [0.5, 0.6) is 5.75 Å². The summed E-state index contributed by atoms with van der Waals surface area (Å²) in [6.07, 6.45) is 4.29. The van der Waals surface area contributed by atoms with Crippen molar-refractivity contribution in [3.8, 4) is 5.75 Å². The summed E-state index contributed by atoms with van der Waals surface area (Å²) in [6.45, 7) is 2.69. The van der Waals surface area contributed by atoms with Crippen LogP contribution in [0.2, 0.25) is 0 Å².